The molecule has 0 bridgehead atoms. The summed E-state index contributed by atoms with van der Waals surface area (Å²) < 4.78 is 2.21. The number of hydrogen-bond donors (Lipinski definition) is 2. The number of H-pyrrole nitrogens is 1. The Hall–Kier alpha value is -3.42. The predicted molar refractivity (Wildman–Crippen MR) is 111 cm³/mol. The van der Waals surface area contributed by atoms with Crippen LogP contribution in [0.5, 0.6) is 0 Å². The maximum Gasteiger partial charge on any atom is 0.272 e. The number of nitrogens with zero attached hydrogens (tertiary/aromatic N) is 4. The Morgan fingerprint density at radius 3 is 2.77 bits per heavy atom. The van der Waals surface area contributed by atoms with Crippen LogP contribution in [0.4, 0.5) is 5.69 Å². The first-order chi connectivity index (χ1) is 14.5. The lowest BCUT2D eigenvalue weighted by Gasteiger charge is -2.32. The molecule has 3 heterocycles. The van der Waals surface area contributed by atoms with Gasteiger partial charge in [0.2, 0.25) is 0 Å². The van der Waals surface area contributed by atoms with E-state index < -0.39 is 0 Å². The first kappa shape index (κ1) is 18.6. The van der Waals surface area contributed by atoms with Crippen molar-refractivity contribution in [3.8, 4) is 0 Å². The van der Waals surface area contributed by atoms with E-state index in [9.17, 15) is 9.59 Å². The van der Waals surface area contributed by atoms with Crippen LogP contribution in [0.3, 0.4) is 0 Å². The van der Waals surface area contributed by atoms with E-state index in [1.165, 1.54) is 12.8 Å². The number of hydrogen-bond acceptors (Lipinski definition) is 4. The number of fused-ring (bicyclic) bond motifs is 1. The van der Waals surface area contributed by atoms with Crippen LogP contribution < -0.4 is 5.32 Å². The lowest BCUT2D eigenvalue weighted by molar-refractivity contribution is 0.0679. The normalized spacial score (nSPS) is 18.2. The van der Waals surface area contributed by atoms with Crippen LogP contribution in [0.1, 0.15) is 69.8 Å². The van der Waals surface area contributed by atoms with Gasteiger partial charge in [-0.1, -0.05) is 6.07 Å². The largest absolute Gasteiger partial charge is 0.357 e. The summed E-state index contributed by atoms with van der Waals surface area (Å²) in [4.78, 5) is 30.3. The molecule has 1 fully saturated rings. The average molecular weight is 404 g/mol. The standard InChI is InChI=1S/C22H24N6O2/c1-13-5-6-16(10-18(13)24-21(29)17-4-3-9-23-17)22(30)27-11-14(2)28-19(12-27)25-26-20(28)15-7-8-15/h3-6,9-10,14-15,23H,7-8,11-12H2,1-2H3,(H,24,29)/t14-/m0/s1. The van der Waals surface area contributed by atoms with E-state index in [0.29, 0.717) is 36.0 Å². The number of aromatic nitrogens is 4. The molecule has 0 saturated heterocycles. The monoisotopic (exact) mass is 404 g/mol. The quantitative estimate of drug-likeness (QED) is 0.698. The molecule has 8 nitrogen and oxygen atoms in total. The Morgan fingerprint density at radius 1 is 1.20 bits per heavy atom. The Balaban J connectivity index is 1.36. The first-order valence-electron chi connectivity index (χ1n) is 10.3. The molecule has 0 radical (unpaired) electrons. The van der Waals surface area contributed by atoms with Crippen molar-refractivity contribution in [1.82, 2.24) is 24.6 Å². The minimum atomic E-state index is -0.236. The predicted octanol–water partition coefficient (Wildman–Crippen LogP) is 3.26. The molecule has 8 heteroatoms. The summed E-state index contributed by atoms with van der Waals surface area (Å²) in [5.74, 6) is 2.13. The van der Waals surface area contributed by atoms with Gasteiger partial charge in [-0.3, -0.25) is 9.59 Å². The van der Waals surface area contributed by atoms with Gasteiger partial charge in [0, 0.05) is 29.9 Å². The van der Waals surface area contributed by atoms with E-state index in [1.54, 1.807) is 24.4 Å². The van der Waals surface area contributed by atoms with Crippen LogP contribution in [0.15, 0.2) is 36.5 Å². The Morgan fingerprint density at radius 2 is 2.03 bits per heavy atom. The number of anilines is 1. The van der Waals surface area contributed by atoms with E-state index in [2.05, 4.69) is 32.0 Å². The van der Waals surface area contributed by atoms with Crippen molar-refractivity contribution in [1.29, 1.82) is 0 Å². The van der Waals surface area contributed by atoms with Crippen molar-refractivity contribution < 1.29 is 9.59 Å². The number of aryl methyl sites for hydroxylation is 1. The fraction of sp³-hybridized carbons (Fsp3) is 0.364. The highest BCUT2D eigenvalue weighted by Gasteiger charge is 2.35. The number of rotatable bonds is 4. The molecule has 1 aliphatic heterocycles. The lowest BCUT2D eigenvalue weighted by atomic mass is 10.1. The van der Waals surface area contributed by atoms with Crippen LogP contribution in [0.2, 0.25) is 0 Å². The zero-order chi connectivity index (χ0) is 20.8. The minimum absolute atomic E-state index is 0.0700. The summed E-state index contributed by atoms with van der Waals surface area (Å²) in [5.41, 5.74) is 2.55. The third kappa shape index (κ3) is 3.28. The SMILES string of the molecule is Cc1ccc(C(=O)N2Cc3nnc(C4CC4)n3[C@@H](C)C2)cc1NC(=O)c1ccc[nH]1. The smallest absolute Gasteiger partial charge is 0.272 e. The lowest BCUT2D eigenvalue weighted by Crippen LogP contribution is -2.40. The number of carbonyl (C=O) groups is 2. The molecule has 2 amide bonds. The Bertz CT molecular complexity index is 1110. The average Bonchev–Trinajstić information content (AvgIpc) is 3.25. The Kier molecular flexibility index (Phi) is 4.42. The maximum absolute atomic E-state index is 13.2. The Labute approximate surface area is 174 Å². The number of nitrogens with one attached hydrogen (secondary N) is 2. The molecule has 3 aromatic rings. The highest BCUT2D eigenvalue weighted by atomic mass is 16.2. The van der Waals surface area contributed by atoms with Gasteiger partial charge in [-0.25, -0.2) is 0 Å². The summed E-state index contributed by atoms with van der Waals surface area (Å²) >= 11 is 0. The van der Waals surface area contributed by atoms with Crippen LogP contribution in [-0.4, -0.2) is 43.0 Å². The van der Waals surface area contributed by atoms with Crippen LogP contribution in [0, 0.1) is 6.92 Å². The molecule has 1 saturated carbocycles. The second-order valence-electron chi connectivity index (χ2n) is 8.22. The molecular formula is C22H24N6O2. The number of carbonyl (C=O) groups excluding carboxylic acids is 2. The highest BCUT2D eigenvalue weighted by Crippen LogP contribution is 2.41. The summed E-state index contributed by atoms with van der Waals surface area (Å²) in [6.07, 6.45) is 4.05. The van der Waals surface area contributed by atoms with Gasteiger partial charge in [-0.15, -0.1) is 10.2 Å². The molecule has 1 aliphatic carbocycles. The van der Waals surface area contributed by atoms with Crippen molar-refractivity contribution in [3.05, 3.63) is 65.0 Å². The van der Waals surface area contributed by atoms with Gasteiger partial charge >= 0.3 is 0 Å². The molecule has 1 aromatic carbocycles. The van der Waals surface area contributed by atoms with Gasteiger partial charge in [0.05, 0.1) is 12.6 Å². The molecule has 5 rings (SSSR count). The van der Waals surface area contributed by atoms with Crippen molar-refractivity contribution in [2.75, 3.05) is 11.9 Å². The van der Waals surface area contributed by atoms with E-state index in [1.807, 2.05) is 24.0 Å². The number of benzene rings is 1. The molecule has 2 N–H and O–H groups in total. The van der Waals surface area contributed by atoms with Gasteiger partial charge in [-0.2, -0.15) is 0 Å². The van der Waals surface area contributed by atoms with E-state index in [4.69, 9.17) is 0 Å². The van der Waals surface area contributed by atoms with Crippen molar-refractivity contribution >= 4 is 17.5 Å². The van der Waals surface area contributed by atoms with Gasteiger partial charge in [0.15, 0.2) is 5.82 Å². The molecule has 0 unspecified atom stereocenters. The molecule has 2 aliphatic rings. The summed E-state index contributed by atoms with van der Waals surface area (Å²) in [5, 5.41) is 11.6. The molecule has 30 heavy (non-hydrogen) atoms. The first-order valence-corrected chi connectivity index (χ1v) is 10.3. The summed E-state index contributed by atoms with van der Waals surface area (Å²) in [7, 11) is 0. The van der Waals surface area contributed by atoms with Gasteiger partial charge in [-0.05, 0) is 56.5 Å². The van der Waals surface area contributed by atoms with Crippen molar-refractivity contribution in [3.63, 3.8) is 0 Å². The second kappa shape index (κ2) is 7.12. The summed E-state index contributed by atoms with van der Waals surface area (Å²) in [6.45, 7) is 5.07. The van der Waals surface area contributed by atoms with E-state index in [0.717, 1.165) is 17.2 Å². The highest BCUT2D eigenvalue weighted by molar-refractivity contribution is 6.04. The topological polar surface area (TPSA) is 95.9 Å². The summed E-state index contributed by atoms with van der Waals surface area (Å²) in [6, 6.07) is 9.03. The number of amides is 2. The van der Waals surface area contributed by atoms with Crippen LogP contribution in [-0.2, 0) is 6.54 Å². The third-order valence-corrected chi connectivity index (χ3v) is 5.86. The zero-order valence-electron chi connectivity index (χ0n) is 17.1. The fourth-order valence-corrected chi connectivity index (χ4v) is 4.07. The third-order valence-electron chi connectivity index (χ3n) is 5.86. The molecule has 154 valence electrons. The second-order valence-corrected chi connectivity index (χ2v) is 8.22. The molecule has 1 atom stereocenters. The van der Waals surface area contributed by atoms with Crippen LogP contribution >= 0.6 is 0 Å². The number of aromatic amines is 1. The van der Waals surface area contributed by atoms with Gasteiger partial charge in [0.25, 0.3) is 11.8 Å². The van der Waals surface area contributed by atoms with Crippen LogP contribution in [0.25, 0.3) is 0 Å². The van der Waals surface area contributed by atoms with Gasteiger partial charge < -0.3 is 19.8 Å². The minimum Gasteiger partial charge on any atom is -0.357 e. The molecule has 0 spiro atoms. The molecule has 2 aromatic heterocycles. The van der Waals surface area contributed by atoms with E-state index in [-0.39, 0.29) is 17.9 Å². The zero-order valence-corrected chi connectivity index (χ0v) is 17.1. The van der Waals surface area contributed by atoms with Crippen molar-refractivity contribution in [2.45, 2.75) is 45.2 Å². The molecular weight excluding hydrogens is 380 g/mol. The van der Waals surface area contributed by atoms with Crippen molar-refractivity contribution in [2.24, 2.45) is 0 Å². The maximum atomic E-state index is 13.2. The fourth-order valence-electron chi connectivity index (χ4n) is 4.07. The van der Waals surface area contributed by atoms with E-state index >= 15 is 0 Å². The van der Waals surface area contributed by atoms with Gasteiger partial charge in [0.1, 0.15) is 11.5 Å².